The Kier molecular flexibility index (Phi) is 4.41. The summed E-state index contributed by atoms with van der Waals surface area (Å²) < 4.78 is 40.8. The maximum atomic E-state index is 12.4. The van der Waals surface area contributed by atoms with E-state index in [1.54, 1.807) is 18.2 Å². The van der Waals surface area contributed by atoms with E-state index < -0.39 is 15.9 Å². The second-order valence-electron chi connectivity index (χ2n) is 5.31. The topological polar surface area (TPSA) is 103 Å². The largest absolute Gasteiger partial charge is 0.495 e. The quantitative estimate of drug-likeness (QED) is 0.842. The number of benzene rings is 2. The Bertz CT molecular complexity index is 926. The van der Waals surface area contributed by atoms with Gasteiger partial charge in [-0.1, -0.05) is 0 Å². The number of sulfonamides is 1. The third kappa shape index (κ3) is 3.94. The SMILES string of the molecule is COc1ccc(C(=O)Nc2ccc3c(c2)OCO3)cc1NS(C)(=O)=O. The third-order valence-electron chi connectivity index (χ3n) is 3.39. The number of anilines is 2. The van der Waals surface area contributed by atoms with Gasteiger partial charge in [0.15, 0.2) is 11.5 Å². The number of hydrogen-bond donors (Lipinski definition) is 2. The first-order valence-corrected chi connectivity index (χ1v) is 9.12. The van der Waals surface area contributed by atoms with E-state index in [-0.39, 0.29) is 18.0 Å². The van der Waals surface area contributed by atoms with Gasteiger partial charge in [0.05, 0.1) is 19.1 Å². The number of amides is 1. The highest BCUT2D eigenvalue weighted by Crippen LogP contribution is 2.34. The molecule has 3 rings (SSSR count). The van der Waals surface area contributed by atoms with Gasteiger partial charge in [0, 0.05) is 17.3 Å². The summed E-state index contributed by atoms with van der Waals surface area (Å²) in [6.45, 7) is 0.145. The van der Waals surface area contributed by atoms with Crippen molar-refractivity contribution in [1.82, 2.24) is 0 Å². The Labute approximate surface area is 144 Å². The lowest BCUT2D eigenvalue weighted by Gasteiger charge is -2.12. The van der Waals surface area contributed by atoms with Crippen molar-refractivity contribution in [3.63, 3.8) is 0 Å². The van der Waals surface area contributed by atoms with E-state index in [1.807, 2.05) is 0 Å². The lowest BCUT2D eigenvalue weighted by Crippen LogP contribution is -2.14. The number of methoxy groups -OCH3 is 1. The third-order valence-corrected chi connectivity index (χ3v) is 3.98. The lowest BCUT2D eigenvalue weighted by atomic mass is 10.1. The molecule has 1 amide bonds. The molecule has 0 aromatic heterocycles. The van der Waals surface area contributed by atoms with Crippen LogP contribution in [0.1, 0.15) is 10.4 Å². The highest BCUT2D eigenvalue weighted by Gasteiger charge is 2.16. The molecule has 9 heteroatoms. The molecule has 0 unspecified atom stereocenters. The van der Waals surface area contributed by atoms with E-state index in [0.29, 0.717) is 22.9 Å². The van der Waals surface area contributed by atoms with Crippen LogP contribution in [0.15, 0.2) is 36.4 Å². The summed E-state index contributed by atoms with van der Waals surface area (Å²) in [5, 5.41) is 2.72. The van der Waals surface area contributed by atoms with E-state index >= 15 is 0 Å². The zero-order chi connectivity index (χ0) is 18.0. The molecule has 1 aliphatic heterocycles. The van der Waals surface area contributed by atoms with Crippen molar-refractivity contribution in [2.75, 3.05) is 30.2 Å². The first kappa shape index (κ1) is 16.9. The molecular formula is C16H16N2O6S. The monoisotopic (exact) mass is 364 g/mol. The fourth-order valence-electron chi connectivity index (χ4n) is 2.31. The number of carbonyl (C=O) groups excluding carboxylic acids is 1. The van der Waals surface area contributed by atoms with Crippen LogP contribution in [0.2, 0.25) is 0 Å². The number of rotatable bonds is 5. The van der Waals surface area contributed by atoms with Crippen LogP contribution in [-0.2, 0) is 10.0 Å². The van der Waals surface area contributed by atoms with Crippen molar-refractivity contribution in [1.29, 1.82) is 0 Å². The van der Waals surface area contributed by atoms with Gasteiger partial charge >= 0.3 is 0 Å². The Hall–Kier alpha value is -2.94. The smallest absolute Gasteiger partial charge is 0.255 e. The Balaban J connectivity index is 1.83. The van der Waals surface area contributed by atoms with Crippen LogP contribution in [0.4, 0.5) is 11.4 Å². The Morgan fingerprint density at radius 2 is 1.88 bits per heavy atom. The fraction of sp³-hybridized carbons (Fsp3) is 0.188. The predicted octanol–water partition coefficient (Wildman–Crippen LogP) is 2.05. The molecule has 0 bridgehead atoms. The molecule has 1 heterocycles. The molecular weight excluding hydrogens is 348 g/mol. The molecule has 0 saturated carbocycles. The van der Waals surface area contributed by atoms with E-state index in [4.69, 9.17) is 14.2 Å². The fourth-order valence-corrected chi connectivity index (χ4v) is 2.87. The summed E-state index contributed by atoms with van der Waals surface area (Å²) in [5.74, 6) is 1.07. The number of nitrogens with one attached hydrogen (secondary N) is 2. The summed E-state index contributed by atoms with van der Waals surface area (Å²) >= 11 is 0. The zero-order valence-electron chi connectivity index (χ0n) is 13.5. The Morgan fingerprint density at radius 3 is 2.60 bits per heavy atom. The van der Waals surface area contributed by atoms with Crippen molar-refractivity contribution in [2.24, 2.45) is 0 Å². The average Bonchev–Trinajstić information content (AvgIpc) is 3.01. The van der Waals surface area contributed by atoms with Crippen LogP contribution in [0, 0.1) is 0 Å². The van der Waals surface area contributed by atoms with Crippen molar-refractivity contribution < 1.29 is 27.4 Å². The molecule has 0 atom stereocenters. The second-order valence-corrected chi connectivity index (χ2v) is 7.06. The van der Waals surface area contributed by atoms with Crippen molar-refractivity contribution in [3.8, 4) is 17.2 Å². The first-order chi connectivity index (χ1) is 11.9. The van der Waals surface area contributed by atoms with Crippen LogP contribution < -0.4 is 24.2 Å². The number of fused-ring (bicyclic) bond motifs is 1. The van der Waals surface area contributed by atoms with Crippen LogP contribution in [0.5, 0.6) is 17.2 Å². The van der Waals surface area contributed by atoms with Crippen LogP contribution >= 0.6 is 0 Å². The van der Waals surface area contributed by atoms with Crippen LogP contribution in [0.25, 0.3) is 0 Å². The van der Waals surface area contributed by atoms with Gasteiger partial charge in [-0.2, -0.15) is 0 Å². The highest BCUT2D eigenvalue weighted by molar-refractivity contribution is 7.92. The molecule has 132 valence electrons. The number of hydrogen-bond acceptors (Lipinski definition) is 6. The summed E-state index contributed by atoms with van der Waals surface area (Å²) in [6, 6.07) is 9.49. The molecule has 0 fully saturated rings. The van der Waals surface area contributed by atoms with E-state index in [9.17, 15) is 13.2 Å². The minimum atomic E-state index is -3.51. The molecule has 1 aliphatic rings. The Morgan fingerprint density at radius 1 is 1.12 bits per heavy atom. The predicted molar refractivity (Wildman–Crippen MR) is 92.0 cm³/mol. The minimum Gasteiger partial charge on any atom is -0.495 e. The van der Waals surface area contributed by atoms with Crippen molar-refractivity contribution >= 4 is 27.3 Å². The van der Waals surface area contributed by atoms with E-state index in [2.05, 4.69) is 10.0 Å². The van der Waals surface area contributed by atoms with E-state index in [1.165, 1.54) is 25.3 Å². The van der Waals surface area contributed by atoms with Crippen LogP contribution in [-0.4, -0.2) is 34.5 Å². The van der Waals surface area contributed by atoms with Gasteiger partial charge in [0.2, 0.25) is 16.8 Å². The molecule has 2 aromatic rings. The molecule has 0 saturated heterocycles. The molecule has 0 aliphatic carbocycles. The first-order valence-electron chi connectivity index (χ1n) is 7.22. The van der Waals surface area contributed by atoms with Crippen molar-refractivity contribution in [2.45, 2.75) is 0 Å². The standard InChI is InChI=1S/C16H16N2O6S/c1-22-13-5-3-10(7-12(13)18-25(2,20)21)16(19)17-11-4-6-14-15(8-11)24-9-23-14/h3-8,18H,9H2,1-2H3,(H,17,19). The average molecular weight is 364 g/mol. The molecule has 8 nitrogen and oxygen atoms in total. The molecule has 2 aromatic carbocycles. The maximum absolute atomic E-state index is 12.4. The highest BCUT2D eigenvalue weighted by atomic mass is 32.2. The van der Waals surface area contributed by atoms with Gasteiger partial charge in [0.25, 0.3) is 5.91 Å². The van der Waals surface area contributed by atoms with Gasteiger partial charge in [0.1, 0.15) is 5.75 Å². The molecule has 0 radical (unpaired) electrons. The molecule has 0 spiro atoms. The minimum absolute atomic E-state index is 0.145. The summed E-state index contributed by atoms with van der Waals surface area (Å²) in [6.07, 6.45) is 1.02. The number of carbonyl (C=O) groups is 1. The molecule has 2 N–H and O–H groups in total. The van der Waals surface area contributed by atoms with Gasteiger partial charge in [-0.3, -0.25) is 9.52 Å². The summed E-state index contributed by atoms with van der Waals surface area (Å²) in [5.41, 5.74) is 0.982. The van der Waals surface area contributed by atoms with Crippen molar-refractivity contribution in [3.05, 3.63) is 42.0 Å². The van der Waals surface area contributed by atoms with Gasteiger partial charge < -0.3 is 19.5 Å². The van der Waals surface area contributed by atoms with Gasteiger partial charge in [-0.15, -0.1) is 0 Å². The molecule has 25 heavy (non-hydrogen) atoms. The lowest BCUT2D eigenvalue weighted by molar-refractivity contribution is 0.102. The normalized spacial score (nSPS) is 12.6. The van der Waals surface area contributed by atoms with Gasteiger partial charge in [-0.25, -0.2) is 8.42 Å². The summed E-state index contributed by atoms with van der Waals surface area (Å²) in [4.78, 5) is 12.4. The zero-order valence-corrected chi connectivity index (χ0v) is 14.3. The summed E-state index contributed by atoms with van der Waals surface area (Å²) in [7, 11) is -2.10. The number of ether oxygens (including phenoxy) is 3. The van der Waals surface area contributed by atoms with Crippen LogP contribution in [0.3, 0.4) is 0 Å². The second kappa shape index (κ2) is 6.52. The van der Waals surface area contributed by atoms with E-state index in [0.717, 1.165) is 6.26 Å². The maximum Gasteiger partial charge on any atom is 0.255 e. The van der Waals surface area contributed by atoms with Gasteiger partial charge in [-0.05, 0) is 30.3 Å².